The van der Waals surface area contributed by atoms with Crippen molar-refractivity contribution in [1.82, 2.24) is 4.90 Å². The lowest BCUT2D eigenvalue weighted by Crippen LogP contribution is -2.47. The van der Waals surface area contributed by atoms with Gasteiger partial charge in [-0.25, -0.2) is 0 Å². The zero-order valence-electron chi connectivity index (χ0n) is 9.21. The lowest BCUT2D eigenvalue weighted by molar-refractivity contribution is 0.0162. The van der Waals surface area contributed by atoms with Crippen molar-refractivity contribution in [3.63, 3.8) is 0 Å². The zero-order valence-corrected chi connectivity index (χ0v) is 9.21. The van der Waals surface area contributed by atoms with Gasteiger partial charge >= 0.3 is 0 Å². The average Bonchev–Trinajstić information content (AvgIpc) is 2.18. The maximum absolute atomic E-state index is 9.41. The molecule has 1 heterocycles. The van der Waals surface area contributed by atoms with Crippen LogP contribution in [0.15, 0.2) is 0 Å². The maximum atomic E-state index is 9.41. The lowest BCUT2D eigenvalue weighted by Gasteiger charge is -2.43. The Labute approximate surface area is 81.9 Å². The second-order valence-electron chi connectivity index (χ2n) is 4.68. The fourth-order valence-electron chi connectivity index (χ4n) is 2.22. The minimum absolute atomic E-state index is 0.197. The molecule has 2 heteroatoms. The Hall–Kier alpha value is -0.0800. The molecule has 1 N–H and O–H groups in total. The van der Waals surface area contributed by atoms with Crippen molar-refractivity contribution in [2.24, 2.45) is 5.41 Å². The monoisotopic (exact) mass is 185 g/mol. The molecule has 1 unspecified atom stereocenters. The van der Waals surface area contributed by atoms with Gasteiger partial charge in [0.05, 0.1) is 0 Å². The summed E-state index contributed by atoms with van der Waals surface area (Å²) in [6, 6.07) is 0.623. The summed E-state index contributed by atoms with van der Waals surface area (Å²) >= 11 is 0. The fourth-order valence-corrected chi connectivity index (χ4v) is 2.22. The van der Waals surface area contributed by atoms with E-state index >= 15 is 0 Å². The van der Waals surface area contributed by atoms with Gasteiger partial charge in [0.1, 0.15) is 0 Å². The Morgan fingerprint density at radius 1 is 1.46 bits per heavy atom. The fraction of sp³-hybridized carbons (Fsp3) is 1.00. The average molecular weight is 185 g/mol. The standard InChI is InChI=1S/C11H23NO/c1-4-11(9-13)6-5-7-12(8-11)10(2)3/h10,13H,4-9H2,1-3H3. The van der Waals surface area contributed by atoms with Crippen molar-refractivity contribution < 1.29 is 5.11 Å². The third-order valence-electron chi connectivity index (χ3n) is 3.51. The summed E-state index contributed by atoms with van der Waals surface area (Å²) in [5.41, 5.74) is 0.197. The molecule has 0 aliphatic carbocycles. The van der Waals surface area contributed by atoms with Gasteiger partial charge in [0.15, 0.2) is 0 Å². The maximum Gasteiger partial charge on any atom is 0.0499 e. The van der Waals surface area contributed by atoms with E-state index < -0.39 is 0 Å². The van der Waals surface area contributed by atoms with Gasteiger partial charge < -0.3 is 10.0 Å². The second kappa shape index (κ2) is 4.43. The molecular weight excluding hydrogens is 162 g/mol. The molecule has 0 radical (unpaired) electrons. The van der Waals surface area contributed by atoms with Crippen LogP contribution < -0.4 is 0 Å². The van der Waals surface area contributed by atoms with Crippen LogP contribution in [0.3, 0.4) is 0 Å². The van der Waals surface area contributed by atoms with Gasteiger partial charge in [-0.1, -0.05) is 6.92 Å². The lowest BCUT2D eigenvalue weighted by atomic mass is 9.78. The Bertz CT molecular complexity index is 152. The van der Waals surface area contributed by atoms with E-state index in [4.69, 9.17) is 0 Å². The van der Waals surface area contributed by atoms with Gasteiger partial charge in [-0.2, -0.15) is 0 Å². The van der Waals surface area contributed by atoms with Crippen LogP contribution in [0, 0.1) is 5.41 Å². The molecule has 0 amide bonds. The normalized spacial score (nSPS) is 31.2. The molecule has 1 atom stereocenters. The first-order chi connectivity index (χ1) is 6.13. The van der Waals surface area contributed by atoms with E-state index in [0.717, 1.165) is 13.0 Å². The highest BCUT2D eigenvalue weighted by Gasteiger charge is 2.33. The summed E-state index contributed by atoms with van der Waals surface area (Å²) in [6.45, 7) is 9.32. The van der Waals surface area contributed by atoms with E-state index in [1.807, 2.05) is 0 Å². The van der Waals surface area contributed by atoms with Gasteiger partial charge in [0.2, 0.25) is 0 Å². The third-order valence-corrected chi connectivity index (χ3v) is 3.51. The minimum Gasteiger partial charge on any atom is -0.396 e. The van der Waals surface area contributed by atoms with Crippen molar-refractivity contribution >= 4 is 0 Å². The summed E-state index contributed by atoms with van der Waals surface area (Å²) in [7, 11) is 0. The smallest absolute Gasteiger partial charge is 0.0499 e. The molecule has 0 saturated carbocycles. The van der Waals surface area contributed by atoms with Crippen molar-refractivity contribution in [3.8, 4) is 0 Å². The predicted molar refractivity (Wildman–Crippen MR) is 55.8 cm³/mol. The Morgan fingerprint density at radius 3 is 2.62 bits per heavy atom. The number of rotatable bonds is 3. The SMILES string of the molecule is CCC1(CO)CCCN(C(C)C)C1. The number of piperidine rings is 1. The molecule has 0 aromatic carbocycles. The Kier molecular flexibility index (Phi) is 3.74. The molecule has 0 spiro atoms. The van der Waals surface area contributed by atoms with Crippen LogP contribution in [0.5, 0.6) is 0 Å². The second-order valence-corrected chi connectivity index (χ2v) is 4.68. The molecule has 1 rings (SSSR count). The van der Waals surface area contributed by atoms with Crippen LogP contribution >= 0.6 is 0 Å². The largest absolute Gasteiger partial charge is 0.396 e. The van der Waals surface area contributed by atoms with Crippen molar-refractivity contribution in [2.75, 3.05) is 19.7 Å². The highest BCUT2D eigenvalue weighted by molar-refractivity contribution is 4.86. The van der Waals surface area contributed by atoms with Crippen molar-refractivity contribution in [3.05, 3.63) is 0 Å². The van der Waals surface area contributed by atoms with Crippen LogP contribution in [0.1, 0.15) is 40.0 Å². The predicted octanol–water partition coefficient (Wildman–Crippen LogP) is 1.88. The van der Waals surface area contributed by atoms with Gasteiger partial charge in [-0.15, -0.1) is 0 Å². The molecule has 1 saturated heterocycles. The molecule has 0 aromatic rings. The number of likely N-dealkylation sites (tertiary alicyclic amines) is 1. The van der Waals surface area contributed by atoms with E-state index in [2.05, 4.69) is 25.7 Å². The first-order valence-electron chi connectivity index (χ1n) is 5.48. The number of nitrogens with zero attached hydrogens (tertiary/aromatic N) is 1. The van der Waals surface area contributed by atoms with E-state index in [9.17, 15) is 5.11 Å². The van der Waals surface area contributed by atoms with E-state index in [1.54, 1.807) is 0 Å². The zero-order chi connectivity index (χ0) is 9.90. The highest BCUT2D eigenvalue weighted by Crippen LogP contribution is 2.33. The van der Waals surface area contributed by atoms with Crippen LogP contribution in [0.2, 0.25) is 0 Å². The van der Waals surface area contributed by atoms with Gasteiger partial charge in [0.25, 0.3) is 0 Å². The third kappa shape index (κ3) is 2.44. The van der Waals surface area contributed by atoms with Gasteiger partial charge in [-0.05, 0) is 39.7 Å². The number of aliphatic hydroxyl groups excluding tert-OH is 1. The molecule has 2 nitrogen and oxygen atoms in total. The topological polar surface area (TPSA) is 23.5 Å². The molecule has 1 aliphatic heterocycles. The number of aliphatic hydroxyl groups is 1. The minimum atomic E-state index is 0.197. The molecule has 1 fully saturated rings. The summed E-state index contributed by atoms with van der Waals surface area (Å²) < 4.78 is 0. The van der Waals surface area contributed by atoms with E-state index in [-0.39, 0.29) is 5.41 Å². The first-order valence-corrected chi connectivity index (χ1v) is 5.48. The molecule has 0 aromatic heterocycles. The van der Waals surface area contributed by atoms with Crippen molar-refractivity contribution in [1.29, 1.82) is 0 Å². The quantitative estimate of drug-likeness (QED) is 0.725. The molecule has 0 bridgehead atoms. The molecular formula is C11H23NO. The summed E-state index contributed by atoms with van der Waals surface area (Å²) in [6.07, 6.45) is 3.54. The van der Waals surface area contributed by atoms with E-state index in [0.29, 0.717) is 12.6 Å². The van der Waals surface area contributed by atoms with Crippen LogP contribution in [-0.4, -0.2) is 35.7 Å². The summed E-state index contributed by atoms with van der Waals surface area (Å²) in [4.78, 5) is 2.49. The van der Waals surface area contributed by atoms with Gasteiger partial charge in [-0.3, -0.25) is 0 Å². The van der Waals surface area contributed by atoms with Gasteiger partial charge in [0, 0.05) is 24.6 Å². The highest BCUT2D eigenvalue weighted by atomic mass is 16.3. The molecule has 1 aliphatic rings. The molecule has 78 valence electrons. The van der Waals surface area contributed by atoms with Crippen LogP contribution in [-0.2, 0) is 0 Å². The molecule has 13 heavy (non-hydrogen) atoms. The number of hydrogen-bond donors (Lipinski definition) is 1. The van der Waals surface area contributed by atoms with E-state index in [1.165, 1.54) is 19.4 Å². The summed E-state index contributed by atoms with van der Waals surface area (Å²) in [5, 5.41) is 9.41. The Balaban J connectivity index is 2.58. The Morgan fingerprint density at radius 2 is 2.15 bits per heavy atom. The van der Waals surface area contributed by atoms with Crippen LogP contribution in [0.25, 0.3) is 0 Å². The van der Waals surface area contributed by atoms with Crippen molar-refractivity contribution in [2.45, 2.75) is 46.1 Å². The first kappa shape index (κ1) is 11.0. The number of hydrogen-bond acceptors (Lipinski definition) is 2. The summed E-state index contributed by atoms with van der Waals surface area (Å²) in [5.74, 6) is 0. The van der Waals surface area contributed by atoms with Crippen LogP contribution in [0.4, 0.5) is 0 Å².